The van der Waals surface area contributed by atoms with Crippen LogP contribution in [0.4, 0.5) is 13.2 Å². The fourth-order valence-electron chi connectivity index (χ4n) is 3.20. The second-order valence-corrected chi connectivity index (χ2v) is 7.45. The molecule has 0 saturated heterocycles. The van der Waals surface area contributed by atoms with Crippen molar-refractivity contribution in [3.63, 3.8) is 0 Å². The minimum absolute atomic E-state index is 0.00183. The quantitative estimate of drug-likeness (QED) is 0.111. The van der Waals surface area contributed by atoms with Gasteiger partial charge in [-0.05, 0) is 66.1 Å². The maximum absolute atomic E-state index is 13.5. The molecule has 172 valence electrons. The molecule has 33 heavy (non-hydrogen) atoms. The number of esters is 1. The van der Waals surface area contributed by atoms with E-state index in [9.17, 15) is 22.8 Å². The Kier molecular flexibility index (Phi) is 8.24. The Balaban J connectivity index is 1.69. The van der Waals surface area contributed by atoms with Gasteiger partial charge in [0.25, 0.3) is 0 Å². The van der Waals surface area contributed by atoms with Crippen LogP contribution < -0.4 is 9.47 Å². The molecule has 3 rings (SSSR count). The molecule has 0 radical (unpaired) electrons. The number of carbonyl (C=O) groups excluding carboxylic acids is 2. The summed E-state index contributed by atoms with van der Waals surface area (Å²) in [5.41, 5.74) is 0.558. The van der Waals surface area contributed by atoms with Crippen LogP contribution in [0.15, 0.2) is 54.6 Å². The van der Waals surface area contributed by atoms with Crippen molar-refractivity contribution in [3.8, 4) is 22.6 Å². The van der Waals surface area contributed by atoms with Gasteiger partial charge in [-0.3, -0.25) is 4.79 Å². The van der Waals surface area contributed by atoms with Gasteiger partial charge >= 0.3 is 5.97 Å². The number of rotatable bonds is 10. The first kappa shape index (κ1) is 24.0. The smallest absolute Gasteiger partial charge is 0.343 e. The second-order valence-electron chi connectivity index (χ2n) is 7.45. The van der Waals surface area contributed by atoms with Gasteiger partial charge in [-0.15, -0.1) is 0 Å². The second kappa shape index (κ2) is 11.3. The number of benzene rings is 3. The van der Waals surface area contributed by atoms with Gasteiger partial charge in [0.05, 0.1) is 17.7 Å². The number of halogens is 3. The Hall–Kier alpha value is -3.61. The zero-order chi connectivity index (χ0) is 23.8. The number of hydrogen-bond donors (Lipinski definition) is 0. The van der Waals surface area contributed by atoms with Crippen LogP contribution in [0, 0.1) is 17.5 Å². The molecule has 0 spiro atoms. The highest BCUT2D eigenvalue weighted by atomic mass is 19.2. The van der Waals surface area contributed by atoms with Crippen molar-refractivity contribution in [1.82, 2.24) is 0 Å². The van der Waals surface area contributed by atoms with E-state index in [1.807, 2.05) is 0 Å². The predicted molar refractivity (Wildman–Crippen MR) is 118 cm³/mol. The summed E-state index contributed by atoms with van der Waals surface area (Å²) in [4.78, 5) is 24.0. The lowest BCUT2D eigenvalue weighted by atomic mass is 10.0. The van der Waals surface area contributed by atoms with E-state index in [-0.39, 0.29) is 28.0 Å². The third-order valence-electron chi connectivity index (χ3n) is 5.01. The summed E-state index contributed by atoms with van der Waals surface area (Å²) in [5.74, 6) is -4.33. The Morgan fingerprint density at radius 1 is 0.879 bits per heavy atom. The van der Waals surface area contributed by atoms with E-state index in [1.165, 1.54) is 18.2 Å². The molecule has 0 N–H and O–H groups in total. The largest absolute Gasteiger partial charge is 0.494 e. The topological polar surface area (TPSA) is 52.6 Å². The summed E-state index contributed by atoms with van der Waals surface area (Å²) in [5, 5.41) is 0. The molecule has 0 heterocycles. The summed E-state index contributed by atoms with van der Waals surface area (Å²) in [6.45, 7) is 2.74. The van der Waals surface area contributed by atoms with Gasteiger partial charge in [0.1, 0.15) is 11.5 Å². The van der Waals surface area contributed by atoms with Crippen molar-refractivity contribution in [2.24, 2.45) is 0 Å². The van der Waals surface area contributed by atoms with Gasteiger partial charge < -0.3 is 9.47 Å². The molecular formula is C26H23F3O4. The molecule has 0 aromatic heterocycles. The monoisotopic (exact) mass is 456 g/mol. The van der Waals surface area contributed by atoms with Crippen molar-refractivity contribution in [2.75, 3.05) is 6.61 Å². The number of unbranched alkanes of at least 4 members (excludes halogenated alkanes) is 3. The van der Waals surface area contributed by atoms with Crippen molar-refractivity contribution in [1.29, 1.82) is 0 Å². The number of carbonyl (C=O) groups is 2. The minimum Gasteiger partial charge on any atom is -0.494 e. The third kappa shape index (κ3) is 6.22. The average Bonchev–Trinajstić information content (AvgIpc) is 2.82. The predicted octanol–water partition coefficient (Wildman–Crippen LogP) is 6.76. The van der Waals surface area contributed by atoms with E-state index in [0.29, 0.717) is 18.6 Å². The van der Waals surface area contributed by atoms with Crippen LogP contribution in [-0.2, 0) is 0 Å². The molecule has 0 aliphatic carbocycles. The summed E-state index contributed by atoms with van der Waals surface area (Å²) >= 11 is 0. The van der Waals surface area contributed by atoms with Crippen LogP contribution in [0.3, 0.4) is 0 Å². The molecule has 4 nitrogen and oxygen atoms in total. The Bertz CT molecular complexity index is 1100. The molecular weight excluding hydrogens is 433 g/mol. The molecule has 0 fully saturated rings. The number of aldehydes is 1. The Morgan fingerprint density at radius 2 is 1.58 bits per heavy atom. The van der Waals surface area contributed by atoms with E-state index >= 15 is 0 Å². The highest BCUT2D eigenvalue weighted by Crippen LogP contribution is 2.28. The SMILES string of the molecule is CCCCCCOc1ccc(C(=O)Oc2ccc(-c3cc(F)c(F)c(F)c3)cc2C=O)cc1. The summed E-state index contributed by atoms with van der Waals surface area (Å²) < 4.78 is 51.2. The molecule has 0 unspecified atom stereocenters. The number of hydrogen-bond acceptors (Lipinski definition) is 4. The standard InChI is InChI=1S/C26H23F3O4/c1-2-3-4-5-12-32-21-9-6-17(7-10-21)26(31)33-24-11-8-18(13-20(24)16-30)19-14-22(27)25(29)23(28)15-19/h6-11,13-16H,2-5,12H2,1H3. The third-order valence-corrected chi connectivity index (χ3v) is 5.01. The molecule has 0 aliphatic rings. The molecule has 3 aromatic rings. The van der Waals surface area contributed by atoms with Gasteiger partial charge in [-0.2, -0.15) is 0 Å². The van der Waals surface area contributed by atoms with E-state index in [1.54, 1.807) is 24.3 Å². The van der Waals surface area contributed by atoms with Crippen molar-refractivity contribution in [2.45, 2.75) is 32.6 Å². The number of ether oxygens (including phenoxy) is 2. The van der Waals surface area contributed by atoms with Crippen LogP contribution >= 0.6 is 0 Å². The van der Waals surface area contributed by atoms with Crippen LogP contribution in [0.1, 0.15) is 53.3 Å². The van der Waals surface area contributed by atoms with Crippen LogP contribution in [-0.4, -0.2) is 18.9 Å². The lowest BCUT2D eigenvalue weighted by Crippen LogP contribution is -2.10. The molecule has 0 atom stereocenters. The highest BCUT2D eigenvalue weighted by molar-refractivity contribution is 5.93. The van der Waals surface area contributed by atoms with Gasteiger partial charge in [0.2, 0.25) is 0 Å². The van der Waals surface area contributed by atoms with Crippen molar-refractivity contribution in [3.05, 3.63) is 83.2 Å². The normalized spacial score (nSPS) is 10.7. The van der Waals surface area contributed by atoms with Crippen molar-refractivity contribution < 1.29 is 32.2 Å². The first-order chi connectivity index (χ1) is 15.9. The molecule has 3 aromatic carbocycles. The first-order valence-corrected chi connectivity index (χ1v) is 10.6. The van der Waals surface area contributed by atoms with Gasteiger partial charge in [-0.1, -0.05) is 32.3 Å². The fourth-order valence-corrected chi connectivity index (χ4v) is 3.20. The van der Waals surface area contributed by atoms with Crippen LogP contribution in [0.25, 0.3) is 11.1 Å². The molecule has 7 heteroatoms. The van der Waals surface area contributed by atoms with E-state index in [4.69, 9.17) is 9.47 Å². The Morgan fingerprint density at radius 3 is 2.21 bits per heavy atom. The van der Waals surface area contributed by atoms with E-state index in [0.717, 1.165) is 37.8 Å². The average molecular weight is 456 g/mol. The maximum Gasteiger partial charge on any atom is 0.343 e. The zero-order valence-electron chi connectivity index (χ0n) is 18.1. The Labute approximate surface area is 190 Å². The van der Waals surface area contributed by atoms with Gasteiger partial charge in [0, 0.05) is 0 Å². The molecule has 0 aliphatic heterocycles. The van der Waals surface area contributed by atoms with Gasteiger partial charge in [0.15, 0.2) is 23.7 Å². The lowest BCUT2D eigenvalue weighted by molar-refractivity contribution is 0.0733. The molecule has 0 saturated carbocycles. The first-order valence-electron chi connectivity index (χ1n) is 10.6. The van der Waals surface area contributed by atoms with Crippen LogP contribution in [0.5, 0.6) is 11.5 Å². The highest BCUT2D eigenvalue weighted by Gasteiger charge is 2.15. The molecule has 0 bridgehead atoms. The fraction of sp³-hybridized carbons (Fsp3) is 0.231. The maximum atomic E-state index is 13.5. The van der Waals surface area contributed by atoms with E-state index < -0.39 is 23.4 Å². The summed E-state index contributed by atoms with van der Waals surface area (Å²) in [6, 6.07) is 12.1. The molecule has 0 amide bonds. The summed E-state index contributed by atoms with van der Waals surface area (Å²) in [7, 11) is 0. The zero-order valence-corrected chi connectivity index (χ0v) is 18.1. The van der Waals surface area contributed by atoms with E-state index in [2.05, 4.69) is 6.92 Å². The van der Waals surface area contributed by atoms with Gasteiger partial charge in [-0.25, -0.2) is 18.0 Å². The van der Waals surface area contributed by atoms with Crippen molar-refractivity contribution >= 4 is 12.3 Å². The summed E-state index contributed by atoms with van der Waals surface area (Å²) in [6.07, 6.45) is 4.82. The van der Waals surface area contributed by atoms with Crippen LogP contribution in [0.2, 0.25) is 0 Å². The minimum atomic E-state index is -1.58. The lowest BCUT2D eigenvalue weighted by Gasteiger charge is -2.10.